The number of hydrogen-bond acceptors (Lipinski definition) is 3. The maximum atomic E-state index is 12.6. The number of benzene rings is 2. The Morgan fingerprint density at radius 3 is 2.22 bits per heavy atom. The lowest BCUT2D eigenvalue weighted by molar-refractivity contribution is -0.137. The number of aliphatic hydroxyl groups is 1. The first kappa shape index (κ1) is 18.5. The molecule has 0 aliphatic heterocycles. The molecule has 0 saturated carbocycles. The molecule has 3 rings (SSSR count). The molecule has 1 heterocycles. The summed E-state index contributed by atoms with van der Waals surface area (Å²) in [5, 5.41) is 17.4. The van der Waals surface area contributed by atoms with E-state index in [1.54, 1.807) is 30.3 Å². The highest BCUT2D eigenvalue weighted by molar-refractivity contribution is 5.97. The SMILES string of the molecule is O=C(Nc1c(-c2ccccc2)[nH][nH]c1=O)C(O)c1ccc(C(F)(F)F)cc1. The van der Waals surface area contributed by atoms with Crippen LogP contribution >= 0.6 is 0 Å². The largest absolute Gasteiger partial charge is 0.416 e. The van der Waals surface area contributed by atoms with E-state index in [-0.39, 0.29) is 11.3 Å². The van der Waals surface area contributed by atoms with E-state index in [9.17, 15) is 27.9 Å². The van der Waals surface area contributed by atoms with Gasteiger partial charge in [-0.1, -0.05) is 42.5 Å². The molecule has 0 aliphatic carbocycles. The minimum atomic E-state index is -4.52. The van der Waals surface area contributed by atoms with Gasteiger partial charge in [0, 0.05) is 5.56 Å². The Balaban J connectivity index is 1.82. The van der Waals surface area contributed by atoms with Gasteiger partial charge in [0.05, 0.1) is 11.3 Å². The van der Waals surface area contributed by atoms with Crippen LogP contribution in [0.25, 0.3) is 11.3 Å². The smallest absolute Gasteiger partial charge is 0.378 e. The molecule has 4 N–H and O–H groups in total. The number of anilines is 1. The molecule has 9 heteroatoms. The van der Waals surface area contributed by atoms with Crippen LogP contribution in [0.3, 0.4) is 0 Å². The molecule has 1 aromatic heterocycles. The van der Waals surface area contributed by atoms with Gasteiger partial charge in [0.15, 0.2) is 6.10 Å². The van der Waals surface area contributed by atoms with E-state index < -0.39 is 29.3 Å². The summed E-state index contributed by atoms with van der Waals surface area (Å²) in [6.07, 6.45) is -6.26. The normalized spacial score (nSPS) is 12.6. The summed E-state index contributed by atoms with van der Waals surface area (Å²) in [6, 6.07) is 12.2. The third-order valence-corrected chi connectivity index (χ3v) is 3.89. The summed E-state index contributed by atoms with van der Waals surface area (Å²) in [7, 11) is 0. The first-order valence-electron chi connectivity index (χ1n) is 7.79. The highest BCUT2D eigenvalue weighted by Gasteiger charge is 2.30. The van der Waals surface area contributed by atoms with E-state index in [0.29, 0.717) is 11.3 Å². The average molecular weight is 377 g/mol. The molecule has 3 aromatic rings. The fourth-order valence-electron chi connectivity index (χ4n) is 2.50. The first-order valence-corrected chi connectivity index (χ1v) is 7.79. The van der Waals surface area contributed by atoms with Crippen LogP contribution in [0, 0.1) is 0 Å². The number of H-pyrrole nitrogens is 2. The van der Waals surface area contributed by atoms with Crippen molar-refractivity contribution in [1.82, 2.24) is 10.2 Å². The lowest BCUT2D eigenvalue weighted by atomic mass is 10.1. The monoisotopic (exact) mass is 377 g/mol. The van der Waals surface area contributed by atoms with Gasteiger partial charge in [0.25, 0.3) is 11.5 Å². The van der Waals surface area contributed by atoms with Gasteiger partial charge in [0.1, 0.15) is 5.69 Å². The lowest BCUT2D eigenvalue weighted by Gasteiger charge is -2.13. The number of amides is 1. The van der Waals surface area contributed by atoms with Gasteiger partial charge in [-0.3, -0.25) is 19.8 Å². The van der Waals surface area contributed by atoms with E-state index in [1.807, 2.05) is 0 Å². The number of aromatic amines is 2. The van der Waals surface area contributed by atoms with E-state index in [2.05, 4.69) is 15.5 Å². The average Bonchev–Trinajstić information content (AvgIpc) is 3.01. The molecule has 0 bridgehead atoms. The number of nitrogens with one attached hydrogen (secondary N) is 3. The maximum absolute atomic E-state index is 12.6. The van der Waals surface area contributed by atoms with Crippen molar-refractivity contribution in [1.29, 1.82) is 0 Å². The van der Waals surface area contributed by atoms with Crippen LogP contribution in [-0.2, 0) is 11.0 Å². The summed E-state index contributed by atoms with van der Waals surface area (Å²) in [6.45, 7) is 0. The summed E-state index contributed by atoms with van der Waals surface area (Å²) < 4.78 is 37.8. The molecule has 0 spiro atoms. The number of carbonyl (C=O) groups is 1. The number of hydrogen-bond donors (Lipinski definition) is 4. The van der Waals surface area contributed by atoms with Crippen molar-refractivity contribution in [3.05, 3.63) is 76.1 Å². The molecule has 6 nitrogen and oxygen atoms in total. The van der Waals surface area contributed by atoms with Gasteiger partial charge >= 0.3 is 6.18 Å². The first-order chi connectivity index (χ1) is 12.8. The van der Waals surface area contributed by atoms with Crippen LogP contribution in [0.15, 0.2) is 59.4 Å². The van der Waals surface area contributed by atoms with Crippen LogP contribution in [0.2, 0.25) is 0 Å². The van der Waals surface area contributed by atoms with Crippen LogP contribution in [-0.4, -0.2) is 21.2 Å². The zero-order valence-electron chi connectivity index (χ0n) is 13.7. The predicted octanol–water partition coefficient (Wildman–Crippen LogP) is 3.06. The molecule has 0 fully saturated rings. The fraction of sp³-hybridized carbons (Fsp3) is 0.111. The van der Waals surface area contributed by atoms with Gasteiger partial charge in [-0.05, 0) is 17.7 Å². The molecule has 27 heavy (non-hydrogen) atoms. The minimum absolute atomic E-state index is 0.0336. The molecule has 0 radical (unpaired) electrons. The topological polar surface area (TPSA) is 98.0 Å². The van der Waals surface area contributed by atoms with Crippen molar-refractivity contribution in [2.75, 3.05) is 5.32 Å². The predicted molar refractivity (Wildman–Crippen MR) is 91.9 cm³/mol. The zero-order valence-corrected chi connectivity index (χ0v) is 13.7. The molecule has 1 amide bonds. The third-order valence-electron chi connectivity index (χ3n) is 3.89. The summed E-state index contributed by atoms with van der Waals surface area (Å²) in [4.78, 5) is 24.2. The Morgan fingerprint density at radius 1 is 1.00 bits per heavy atom. The van der Waals surface area contributed by atoms with Crippen molar-refractivity contribution >= 4 is 11.6 Å². The van der Waals surface area contributed by atoms with Crippen LogP contribution in [0.4, 0.5) is 18.9 Å². The number of halogens is 3. The molecule has 1 unspecified atom stereocenters. The van der Waals surface area contributed by atoms with Gasteiger partial charge in [-0.15, -0.1) is 0 Å². The van der Waals surface area contributed by atoms with E-state index in [1.165, 1.54) is 0 Å². The molecule has 1 atom stereocenters. The molecule has 0 saturated heterocycles. The standard InChI is InChI=1S/C18H14F3N3O3/c19-18(20,21)12-8-6-11(7-9-12)15(25)17(27)22-14-13(23-24-16(14)26)10-4-2-1-3-5-10/h1-9,15,25H,(H,22,27)(H2,23,24,26). The van der Waals surface area contributed by atoms with Gasteiger partial charge in [-0.25, -0.2) is 0 Å². The van der Waals surface area contributed by atoms with Gasteiger partial charge < -0.3 is 10.4 Å². The Hall–Kier alpha value is -3.33. The van der Waals surface area contributed by atoms with Crippen LogP contribution < -0.4 is 10.9 Å². The van der Waals surface area contributed by atoms with Crippen molar-refractivity contribution in [3.63, 3.8) is 0 Å². The molecule has 2 aromatic carbocycles. The second kappa shape index (κ2) is 7.12. The highest BCUT2D eigenvalue weighted by atomic mass is 19.4. The minimum Gasteiger partial charge on any atom is -0.378 e. The molecular weight excluding hydrogens is 363 g/mol. The Kier molecular flexibility index (Phi) is 4.87. The van der Waals surface area contributed by atoms with Crippen molar-refractivity contribution in [2.24, 2.45) is 0 Å². The Labute approximate surface area is 150 Å². The highest BCUT2D eigenvalue weighted by Crippen LogP contribution is 2.30. The van der Waals surface area contributed by atoms with Crippen molar-refractivity contribution < 1.29 is 23.1 Å². The van der Waals surface area contributed by atoms with Gasteiger partial charge in [-0.2, -0.15) is 13.2 Å². The summed E-state index contributed by atoms with van der Waals surface area (Å²) in [5.74, 6) is -0.947. The quantitative estimate of drug-likeness (QED) is 0.562. The molecule has 140 valence electrons. The van der Waals surface area contributed by atoms with Gasteiger partial charge in [0.2, 0.25) is 0 Å². The number of aromatic nitrogens is 2. The zero-order chi connectivity index (χ0) is 19.6. The van der Waals surface area contributed by atoms with E-state index in [4.69, 9.17) is 0 Å². The number of aliphatic hydroxyl groups excluding tert-OH is 1. The molecular formula is C18H14F3N3O3. The third kappa shape index (κ3) is 3.93. The maximum Gasteiger partial charge on any atom is 0.416 e. The number of rotatable bonds is 4. The second-order valence-corrected chi connectivity index (χ2v) is 5.71. The van der Waals surface area contributed by atoms with E-state index in [0.717, 1.165) is 24.3 Å². The molecule has 0 aliphatic rings. The van der Waals surface area contributed by atoms with Crippen LogP contribution in [0.5, 0.6) is 0 Å². The van der Waals surface area contributed by atoms with E-state index >= 15 is 0 Å². The summed E-state index contributed by atoms with van der Waals surface area (Å²) in [5.41, 5.74) is -0.705. The number of carbonyl (C=O) groups excluding carboxylic acids is 1. The van der Waals surface area contributed by atoms with Crippen molar-refractivity contribution in [2.45, 2.75) is 12.3 Å². The Bertz CT molecular complexity index is 992. The van der Waals surface area contributed by atoms with Crippen LogP contribution in [0.1, 0.15) is 17.2 Å². The summed E-state index contributed by atoms with van der Waals surface area (Å²) >= 11 is 0. The Morgan fingerprint density at radius 2 is 1.63 bits per heavy atom. The lowest BCUT2D eigenvalue weighted by Crippen LogP contribution is -2.24. The second-order valence-electron chi connectivity index (χ2n) is 5.71. The fourth-order valence-corrected chi connectivity index (χ4v) is 2.50. The van der Waals surface area contributed by atoms with Crippen molar-refractivity contribution in [3.8, 4) is 11.3 Å². The number of alkyl halides is 3.